The first kappa shape index (κ1) is 14.2. The van der Waals surface area contributed by atoms with Crippen molar-refractivity contribution in [3.8, 4) is 5.69 Å². The lowest BCUT2D eigenvalue weighted by molar-refractivity contribution is 0.720. The Morgan fingerprint density at radius 2 is 2.10 bits per heavy atom. The molecular formula is C14H17N5S. The Kier molecular flexibility index (Phi) is 4.84. The minimum Gasteiger partial charge on any atom is -0.359 e. The van der Waals surface area contributed by atoms with Gasteiger partial charge < -0.3 is 9.88 Å². The Labute approximate surface area is 123 Å². The third-order valence-electron chi connectivity index (χ3n) is 2.50. The van der Waals surface area contributed by atoms with Crippen LogP contribution < -0.4 is 10.7 Å². The molecule has 6 heteroatoms. The predicted molar refractivity (Wildman–Crippen MR) is 85.2 cm³/mol. The van der Waals surface area contributed by atoms with Gasteiger partial charge in [-0.15, -0.1) is 0 Å². The van der Waals surface area contributed by atoms with Crippen molar-refractivity contribution in [1.29, 1.82) is 0 Å². The van der Waals surface area contributed by atoms with Crippen LogP contribution >= 0.6 is 12.2 Å². The number of imidazole rings is 1. The number of nitrogens with zero attached hydrogens (tertiary/aromatic N) is 3. The fourth-order valence-corrected chi connectivity index (χ4v) is 1.89. The molecule has 5 nitrogen and oxygen atoms in total. The van der Waals surface area contributed by atoms with Gasteiger partial charge in [-0.05, 0) is 43.8 Å². The Bertz CT molecular complexity index is 572. The molecule has 0 atom stereocenters. The number of thiocarbonyl (C=S) groups is 1. The van der Waals surface area contributed by atoms with E-state index in [9.17, 15) is 0 Å². The van der Waals surface area contributed by atoms with Gasteiger partial charge in [-0.1, -0.05) is 12.1 Å². The van der Waals surface area contributed by atoms with Crippen molar-refractivity contribution < 1.29 is 0 Å². The van der Waals surface area contributed by atoms with Crippen molar-refractivity contribution in [2.45, 2.75) is 19.9 Å². The molecular weight excluding hydrogens is 270 g/mol. The summed E-state index contributed by atoms with van der Waals surface area (Å²) in [5.74, 6) is 0. The fraction of sp³-hybridized carbons (Fsp3) is 0.214. The third kappa shape index (κ3) is 4.17. The smallest absolute Gasteiger partial charge is 0.187 e. The number of hydrogen-bond donors (Lipinski definition) is 2. The Balaban J connectivity index is 1.92. The first-order valence-electron chi connectivity index (χ1n) is 6.33. The number of benzene rings is 1. The SMILES string of the molecule is CC(C)NC(=S)N/N=C/c1ccc(-n2ccnc2)cc1. The molecule has 0 amide bonds. The lowest BCUT2D eigenvalue weighted by atomic mass is 10.2. The molecule has 2 N–H and O–H groups in total. The molecule has 104 valence electrons. The molecule has 0 unspecified atom stereocenters. The summed E-state index contributed by atoms with van der Waals surface area (Å²) in [6, 6.07) is 8.28. The minimum absolute atomic E-state index is 0.291. The van der Waals surface area contributed by atoms with E-state index in [4.69, 9.17) is 12.2 Å². The highest BCUT2D eigenvalue weighted by atomic mass is 32.1. The third-order valence-corrected chi connectivity index (χ3v) is 2.70. The fourth-order valence-electron chi connectivity index (χ4n) is 1.60. The topological polar surface area (TPSA) is 54.2 Å². The zero-order chi connectivity index (χ0) is 14.4. The van der Waals surface area contributed by atoms with Gasteiger partial charge in [0.05, 0.1) is 12.5 Å². The summed E-state index contributed by atoms with van der Waals surface area (Å²) < 4.78 is 1.95. The van der Waals surface area contributed by atoms with Gasteiger partial charge in [0.1, 0.15) is 0 Å². The largest absolute Gasteiger partial charge is 0.359 e. The van der Waals surface area contributed by atoms with Crippen LogP contribution in [0.5, 0.6) is 0 Å². The van der Waals surface area contributed by atoms with Crippen LogP contribution in [0.1, 0.15) is 19.4 Å². The van der Waals surface area contributed by atoms with E-state index in [0.717, 1.165) is 11.3 Å². The van der Waals surface area contributed by atoms with E-state index in [1.807, 2.05) is 48.9 Å². The summed E-state index contributed by atoms with van der Waals surface area (Å²) in [4.78, 5) is 4.02. The van der Waals surface area contributed by atoms with Gasteiger partial charge in [0.15, 0.2) is 5.11 Å². The number of rotatable bonds is 4. The molecule has 0 radical (unpaired) electrons. The molecule has 1 aromatic carbocycles. The first-order valence-corrected chi connectivity index (χ1v) is 6.74. The van der Waals surface area contributed by atoms with Gasteiger partial charge in [0.25, 0.3) is 0 Å². The highest BCUT2D eigenvalue weighted by Crippen LogP contribution is 2.07. The number of hydrogen-bond acceptors (Lipinski definition) is 3. The van der Waals surface area contributed by atoms with Crippen LogP contribution in [0.3, 0.4) is 0 Å². The molecule has 1 aromatic heterocycles. The van der Waals surface area contributed by atoms with Crippen molar-refractivity contribution in [3.63, 3.8) is 0 Å². The van der Waals surface area contributed by atoms with Crippen molar-refractivity contribution in [1.82, 2.24) is 20.3 Å². The van der Waals surface area contributed by atoms with Gasteiger partial charge >= 0.3 is 0 Å². The highest BCUT2D eigenvalue weighted by molar-refractivity contribution is 7.80. The summed E-state index contributed by atoms with van der Waals surface area (Å²) in [7, 11) is 0. The average molecular weight is 287 g/mol. The molecule has 0 fully saturated rings. The minimum atomic E-state index is 0.291. The van der Waals surface area contributed by atoms with Crippen LogP contribution in [0.4, 0.5) is 0 Å². The predicted octanol–water partition coefficient (Wildman–Crippen LogP) is 2.08. The van der Waals surface area contributed by atoms with Crippen LogP contribution in [0.2, 0.25) is 0 Å². The zero-order valence-corrected chi connectivity index (χ0v) is 12.3. The highest BCUT2D eigenvalue weighted by Gasteiger charge is 1.96. The van der Waals surface area contributed by atoms with Gasteiger partial charge in [0.2, 0.25) is 0 Å². The van der Waals surface area contributed by atoms with Crippen LogP contribution in [0.15, 0.2) is 48.1 Å². The van der Waals surface area contributed by atoms with E-state index < -0.39 is 0 Å². The van der Waals surface area contributed by atoms with E-state index in [2.05, 4.69) is 20.8 Å². The Morgan fingerprint density at radius 3 is 2.70 bits per heavy atom. The van der Waals surface area contributed by atoms with Crippen LogP contribution in [0.25, 0.3) is 5.69 Å². The second-order valence-electron chi connectivity index (χ2n) is 4.56. The maximum atomic E-state index is 5.07. The molecule has 0 spiro atoms. The number of hydrazone groups is 1. The van der Waals surface area contributed by atoms with Crippen LogP contribution in [-0.2, 0) is 0 Å². The summed E-state index contributed by atoms with van der Waals surface area (Å²) in [5.41, 5.74) is 4.83. The van der Waals surface area contributed by atoms with Crippen molar-refractivity contribution in [2.24, 2.45) is 5.10 Å². The molecule has 20 heavy (non-hydrogen) atoms. The van der Waals surface area contributed by atoms with E-state index >= 15 is 0 Å². The molecule has 0 aliphatic heterocycles. The first-order chi connectivity index (χ1) is 9.65. The number of aromatic nitrogens is 2. The average Bonchev–Trinajstić information content (AvgIpc) is 2.92. The van der Waals surface area contributed by atoms with Crippen molar-refractivity contribution in [2.75, 3.05) is 0 Å². The summed E-state index contributed by atoms with van der Waals surface area (Å²) in [6.07, 6.45) is 7.15. The van der Waals surface area contributed by atoms with E-state index in [1.54, 1.807) is 18.7 Å². The number of nitrogens with one attached hydrogen (secondary N) is 2. The maximum absolute atomic E-state index is 5.07. The van der Waals surface area contributed by atoms with Gasteiger partial charge in [-0.3, -0.25) is 5.43 Å². The normalized spacial score (nSPS) is 10.9. The molecule has 2 aromatic rings. The molecule has 0 saturated carbocycles. The molecule has 1 heterocycles. The Hall–Kier alpha value is -2.21. The van der Waals surface area contributed by atoms with E-state index in [1.165, 1.54) is 0 Å². The van der Waals surface area contributed by atoms with Gasteiger partial charge in [-0.25, -0.2) is 4.98 Å². The monoisotopic (exact) mass is 287 g/mol. The lowest BCUT2D eigenvalue weighted by Crippen LogP contribution is -2.36. The van der Waals surface area contributed by atoms with Gasteiger partial charge in [-0.2, -0.15) is 5.10 Å². The van der Waals surface area contributed by atoms with E-state index in [0.29, 0.717) is 11.2 Å². The molecule has 2 rings (SSSR count). The lowest BCUT2D eigenvalue weighted by Gasteiger charge is -2.09. The molecule has 0 bridgehead atoms. The standard InChI is InChI=1S/C14H17N5S/c1-11(2)17-14(20)18-16-9-12-3-5-13(6-4-12)19-8-7-15-10-19/h3-11H,1-2H3,(H2,17,18,20)/b16-9+. The molecule has 0 aliphatic carbocycles. The second kappa shape index (κ2) is 6.81. The summed E-state index contributed by atoms with van der Waals surface area (Å²) in [6.45, 7) is 4.04. The summed E-state index contributed by atoms with van der Waals surface area (Å²) >= 11 is 5.07. The summed E-state index contributed by atoms with van der Waals surface area (Å²) in [5, 5.41) is 7.66. The Morgan fingerprint density at radius 1 is 1.35 bits per heavy atom. The quantitative estimate of drug-likeness (QED) is 0.513. The van der Waals surface area contributed by atoms with Gasteiger partial charge in [0, 0.05) is 24.1 Å². The zero-order valence-electron chi connectivity index (χ0n) is 11.4. The van der Waals surface area contributed by atoms with E-state index in [-0.39, 0.29) is 0 Å². The molecule has 0 aliphatic rings. The molecule has 0 saturated heterocycles. The van der Waals surface area contributed by atoms with Crippen LogP contribution in [-0.4, -0.2) is 26.9 Å². The van der Waals surface area contributed by atoms with Crippen molar-refractivity contribution >= 4 is 23.5 Å². The van der Waals surface area contributed by atoms with Crippen molar-refractivity contribution in [3.05, 3.63) is 48.5 Å². The second-order valence-corrected chi connectivity index (χ2v) is 4.97. The van der Waals surface area contributed by atoms with Crippen LogP contribution in [0, 0.1) is 0 Å². The maximum Gasteiger partial charge on any atom is 0.187 e.